The molecular weight excluding hydrogens is 254 g/mol. The molecule has 3 N–H and O–H groups in total. The molecule has 0 aromatic carbocycles. The van der Waals surface area contributed by atoms with Crippen LogP contribution in [0.2, 0.25) is 0 Å². The number of carbonyl (C=O) groups is 1. The van der Waals surface area contributed by atoms with Gasteiger partial charge in [-0.25, -0.2) is 0 Å². The van der Waals surface area contributed by atoms with Gasteiger partial charge in [0.05, 0.1) is 6.54 Å². The Hall–Kier alpha value is -1.30. The molecule has 1 amide bonds. The fraction of sp³-hybridized carbons (Fsp3) is 0.857. The average molecular weight is 279 g/mol. The van der Waals surface area contributed by atoms with Crippen molar-refractivity contribution in [3.63, 3.8) is 0 Å². The number of aliphatic imine (C=N–C) groups is 1. The summed E-state index contributed by atoms with van der Waals surface area (Å²) in [5.41, 5.74) is 0. The van der Waals surface area contributed by atoms with Crippen LogP contribution in [0.5, 0.6) is 0 Å². The maximum atomic E-state index is 11.6. The standard InChI is InChI=1S/C14H25N5O/c1-15-14(16-8-13(20)17-10-2-3-10)18-11-6-7-19(9-11)12-4-5-12/h10-12H,2-9H2,1H3,(H,17,20)(H2,15,16,18). The van der Waals surface area contributed by atoms with Gasteiger partial charge in [0.1, 0.15) is 0 Å². The lowest BCUT2D eigenvalue weighted by Gasteiger charge is -2.18. The second-order valence-electron chi connectivity index (χ2n) is 6.12. The fourth-order valence-corrected chi connectivity index (χ4v) is 2.73. The van der Waals surface area contributed by atoms with E-state index in [2.05, 4.69) is 25.8 Å². The van der Waals surface area contributed by atoms with Crippen molar-refractivity contribution in [2.24, 2.45) is 4.99 Å². The van der Waals surface area contributed by atoms with Crippen LogP contribution in [-0.2, 0) is 4.79 Å². The molecule has 0 aromatic rings. The van der Waals surface area contributed by atoms with Crippen molar-refractivity contribution < 1.29 is 4.79 Å². The highest BCUT2D eigenvalue weighted by molar-refractivity contribution is 5.86. The lowest BCUT2D eigenvalue weighted by molar-refractivity contribution is -0.120. The van der Waals surface area contributed by atoms with E-state index in [0.29, 0.717) is 18.6 Å². The van der Waals surface area contributed by atoms with Gasteiger partial charge in [0.25, 0.3) is 0 Å². The molecule has 1 heterocycles. The molecule has 3 rings (SSSR count). The van der Waals surface area contributed by atoms with Crippen LogP contribution >= 0.6 is 0 Å². The summed E-state index contributed by atoms with van der Waals surface area (Å²) in [4.78, 5) is 18.4. The number of amides is 1. The van der Waals surface area contributed by atoms with Crippen molar-refractivity contribution >= 4 is 11.9 Å². The SMILES string of the molecule is CN=C(NCC(=O)NC1CC1)NC1CCN(C2CC2)C1. The molecule has 0 radical (unpaired) electrons. The molecule has 0 spiro atoms. The Labute approximate surface area is 120 Å². The zero-order valence-corrected chi connectivity index (χ0v) is 12.2. The fourth-order valence-electron chi connectivity index (χ4n) is 2.73. The minimum Gasteiger partial charge on any atom is -0.352 e. The van der Waals surface area contributed by atoms with Gasteiger partial charge in [0, 0.05) is 38.3 Å². The minimum atomic E-state index is 0.0569. The Morgan fingerprint density at radius 3 is 2.60 bits per heavy atom. The average Bonchev–Trinajstić information content (AvgIpc) is 3.36. The number of carbonyl (C=O) groups excluding carboxylic acids is 1. The van der Waals surface area contributed by atoms with Crippen LogP contribution in [0.25, 0.3) is 0 Å². The van der Waals surface area contributed by atoms with E-state index in [-0.39, 0.29) is 5.91 Å². The van der Waals surface area contributed by atoms with E-state index in [9.17, 15) is 4.79 Å². The molecule has 0 bridgehead atoms. The molecule has 1 unspecified atom stereocenters. The number of guanidine groups is 1. The van der Waals surface area contributed by atoms with E-state index in [1.165, 1.54) is 19.4 Å². The number of nitrogens with zero attached hydrogens (tertiary/aromatic N) is 2. The summed E-state index contributed by atoms with van der Waals surface area (Å²) in [5, 5.41) is 9.48. The lowest BCUT2D eigenvalue weighted by atomic mass is 10.3. The molecule has 2 aliphatic carbocycles. The van der Waals surface area contributed by atoms with Gasteiger partial charge < -0.3 is 16.0 Å². The third-order valence-electron chi connectivity index (χ3n) is 4.21. The molecule has 3 aliphatic rings. The topological polar surface area (TPSA) is 68.8 Å². The summed E-state index contributed by atoms with van der Waals surface area (Å²) < 4.78 is 0. The van der Waals surface area contributed by atoms with Crippen molar-refractivity contribution in [2.45, 2.75) is 50.2 Å². The molecule has 20 heavy (non-hydrogen) atoms. The van der Waals surface area contributed by atoms with Crippen molar-refractivity contribution in [2.75, 3.05) is 26.7 Å². The first kappa shape index (κ1) is 13.7. The van der Waals surface area contributed by atoms with Crippen molar-refractivity contribution in [3.05, 3.63) is 0 Å². The van der Waals surface area contributed by atoms with Gasteiger partial charge in [-0.15, -0.1) is 0 Å². The predicted molar refractivity (Wildman–Crippen MR) is 78.7 cm³/mol. The van der Waals surface area contributed by atoms with Crippen LogP contribution in [0.4, 0.5) is 0 Å². The van der Waals surface area contributed by atoms with E-state index in [1.54, 1.807) is 7.05 Å². The first-order chi connectivity index (χ1) is 9.74. The van der Waals surface area contributed by atoms with Crippen molar-refractivity contribution in [3.8, 4) is 0 Å². The number of rotatable bonds is 5. The minimum absolute atomic E-state index is 0.0569. The molecule has 1 atom stereocenters. The highest BCUT2D eigenvalue weighted by atomic mass is 16.2. The van der Waals surface area contributed by atoms with Gasteiger partial charge >= 0.3 is 0 Å². The van der Waals surface area contributed by atoms with E-state index < -0.39 is 0 Å². The van der Waals surface area contributed by atoms with E-state index in [1.807, 2.05) is 0 Å². The third-order valence-corrected chi connectivity index (χ3v) is 4.21. The smallest absolute Gasteiger partial charge is 0.239 e. The van der Waals surface area contributed by atoms with Gasteiger partial charge in [0.2, 0.25) is 5.91 Å². The third kappa shape index (κ3) is 3.85. The molecule has 3 fully saturated rings. The normalized spacial score (nSPS) is 27.4. The molecule has 2 saturated carbocycles. The van der Waals surface area contributed by atoms with Crippen molar-refractivity contribution in [1.29, 1.82) is 0 Å². The van der Waals surface area contributed by atoms with Gasteiger partial charge in [-0.3, -0.25) is 14.7 Å². The summed E-state index contributed by atoms with van der Waals surface area (Å²) in [6, 6.07) is 1.70. The Morgan fingerprint density at radius 1 is 1.15 bits per heavy atom. The number of hydrogen-bond acceptors (Lipinski definition) is 3. The zero-order chi connectivity index (χ0) is 13.9. The first-order valence-electron chi connectivity index (χ1n) is 7.75. The number of nitrogens with one attached hydrogen (secondary N) is 3. The maximum Gasteiger partial charge on any atom is 0.239 e. The van der Waals surface area contributed by atoms with Crippen LogP contribution in [0.3, 0.4) is 0 Å². The number of hydrogen-bond donors (Lipinski definition) is 3. The highest BCUT2D eigenvalue weighted by Gasteiger charge is 2.34. The van der Waals surface area contributed by atoms with Gasteiger partial charge in [-0.1, -0.05) is 0 Å². The largest absolute Gasteiger partial charge is 0.352 e. The summed E-state index contributed by atoms with van der Waals surface area (Å²) >= 11 is 0. The molecule has 0 aromatic heterocycles. The Bertz CT molecular complexity index is 389. The van der Waals surface area contributed by atoms with Crippen LogP contribution < -0.4 is 16.0 Å². The maximum absolute atomic E-state index is 11.6. The predicted octanol–water partition coefficient (Wildman–Crippen LogP) is -0.333. The Kier molecular flexibility index (Phi) is 4.10. The molecule has 1 aliphatic heterocycles. The summed E-state index contributed by atoms with van der Waals surface area (Å²) in [7, 11) is 1.75. The molecule has 1 saturated heterocycles. The summed E-state index contributed by atoms with van der Waals surface area (Å²) in [6.45, 7) is 2.58. The van der Waals surface area contributed by atoms with Crippen LogP contribution in [0.1, 0.15) is 32.1 Å². The van der Waals surface area contributed by atoms with Crippen LogP contribution in [0, 0.1) is 0 Å². The zero-order valence-electron chi connectivity index (χ0n) is 12.2. The van der Waals surface area contributed by atoms with Crippen molar-refractivity contribution in [1.82, 2.24) is 20.9 Å². The van der Waals surface area contributed by atoms with Gasteiger partial charge in [0.15, 0.2) is 5.96 Å². The Morgan fingerprint density at radius 2 is 1.95 bits per heavy atom. The van der Waals surface area contributed by atoms with Gasteiger partial charge in [-0.2, -0.15) is 0 Å². The first-order valence-corrected chi connectivity index (χ1v) is 7.75. The quantitative estimate of drug-likeness (QED) is 0.476. The van der Waals surface area contributed by atoms with E-state index in [4.69, 9.17) is 0 Å². The van der Waals surface area contributed by atoms with Crippen LogP contribution in [-0.4, -0.2) is 61.6 Å². The van der Waals surface area contributed by atoms with Crippen LogP contribution in [0.15, 0.2) is 4.99 Å². The summed E-state index contributed by atoms with van der Waals surface area (Å²) in [5.74, 6) is 0.792. The van der Waals surface area contributed by atoms with E-state index >= 15 is 0 Å². The molecule has 6 heteroatoms. The Balaban J connectivity index is 1.37. The summed E-state index contributed by atoms with van der Waals surface area (Å²) in [6.07, 6.45) is 6.13. The molecule has 6 nitrogen and oxygen atoms in total. The number of likely N-dealkylation sites (tertiary alicyclic amines) is 1. The second kappa shape index (κ2) is 5.99. The van der Waals surface area contributed by atoms with Gasteiger partial charge in [-0.05, 0) is 32.1 Å². The lowest BCUT2D eigenvalue weighted by Crippen LogP contribution is -2.47. The molecular formula is C14H25N5O. The van der Waals surface area contributed by atoms with E-state index in [0.717, 1.165) is 37.8 Å². The highest BCUT2D eigenvalue weighted by Crippen LogP contribution is 2.29. The monoisotopic (exact) mass is 279 g/mol. The second-order valence-corrected chi connectivity index (χ2v) is 6.12. The molecule has 112 valence electrons.